The molecular formula is C11H20N2O3. The average molecular weight is 228 g/mol. The molecule has 3 atom stereocenters. The van der Waals surface area contributed by atoms with Crippen molar-refractivity contribution in [1.82, 2.24) is 10.6 Å². The molecule has 5 nitrogen and oxygen atoms in total. The van der Waals surface area contributed by atoms with Crippen LogP contribution in [0.1, 0.15) is 12.8 Å². The van der Waals surface area contributed by atoms with E-state index >= 15 is 0 Å². The molecule has 2 aliphatic rings. The van der Waals surface area contributed by atoms with Crippen molar-refractivity contribution >= 4 is 5.91 Å². The number of carbonyl (C=O) groups is 1. The van der Waals surface area contributed by atoms with Crippen molar-refractivity contribution in [2.24, 2.45) is 5.92 Å². The predicted molar refractivity (Wildman–Crippen MR) is 59.1 cm³/mol. The fourth-order valence-corrected chi connectivity index (χ4v) is 2.25. The third-order valence-electron chi connectivity index (χ3n) is 3.32. The first-order valence-corrected chi connectivity index (χ1v) is 5.95. The van der Waals surface area contributed by atoms with Crippen molar-refractivity contribution < 1.29 is 14.3 Å². The Morgan fingerprint density at radius 2 is 2.31 bits per heavy atom. The zero-order valence-corrected chi connectivity index (χ0v) is 9.70. The highest BCUT2D eigenvalue weighted by Crippen LogP contribution is 2.14. The molecule has 2 aliphatic heterocycles. The lowest BCUT2D eigenvalue weighted by Crippen LogP contribution is -2.44. The number of likely N-dealkylation sites (N-methyl/N-ethyl adjacent to an activating group) is 1. The molecular weight excluding hydrogens is 208 g/mol. The lowest BCUT2D eigenvalue weighted by atomic mass is 10.0. The van der Waals surface area contributed by atoms with Crippen LogP contribution in [0.2, 0.25) is 0 Å². The van der Waals surface area contributed by atoms with Gasteiger partial charge in [0.05, 0.1) is 25.2 Å². The zero-order valence-electron chi connectivity index (χ0n) is 9.70. The van der Waals surface area contributed by atoms with Crippen LogP contribution in [-0.4, -0.2) is 51.5 Å². The van der Waals surface area contributed by atoms with Gasteiger partial charge in [0.25, 0.3) is 0 Å². The Morgan fingerprint density at radius 3 is 3.00 bits per heavy atom. The van der Waals surface area contributed by atoms with Crippen LogP contribution in [0.15, 0.2) is 0 Å². The Balaban J connectivity index is 1.74. The van der Waals surface area contributed by atoms with Gasteiger partial charge in [-0.1, -0.05) is 0 Å². The van der Waals surface area contributed by atoms with Gasteiger partial charge in [0.15, 0.2) is 0 Å². The van der Waals surface area contributed by atoms with E-state index in [4.69, 9.17) is 9.47 Å². The van der Waals surface area contributed by atoms with Crippen LogP contribution < -0.4 is 10.6 Å². The molecule has 5 heteroatoms. The summed E-state index contributed by atoms with van der Waals surface area (Å²) in [6, 6.07) is 0.143. The number of carbonyl (C=O) groups excluding carboxylic acids is 1. The summed E-state index contributed by atoms with van der Waals surface area (Å²) < 4.78 is 10.8. The summed E-state index contributed by atoms with van der Waals surface area (Å²) in [5.74, 6) is 0.0127. The molecule has 0 bridgehead atoms. The van der Waals surface area contributed by atoms with Gasteiger partial charge in [-0.05, 0) is 19.9 Å². The second kappa shape index (κ2) is 5.61. The summed E-state index contributed by atoms with van der Waals surface area (Å²) in [6.07, 6.45) is 2.36. The van der Waals surface area contributed by atoms with E-state index in [1.807, 2.05) is 7.05 Å². The topological polar surface area (TPSA) is 59.6 Å². The predicted octanol–water partition coefficient (Wildman–Crippen LogP) is -0.484. The maximum Gasteiger partial charge on any atom is 0.227 e. The summed E-state index contributed by atoms with van der Waals surface area (Å²) >= 11 is 0. The summed E-state index contributed by atoms with van der Waals surface area (Å²) in [6.45, 7) is 2.59. The molecule has 16 heavy (non-hydrogen) atoms. The standard InChI is InChI=1S/C11H20N2O3/c1-12-10-7-15-6-9(10)11(14)13-5-8-3-2-4-16-8/h8-10,12H,2-7H2,1H3,(H,13,14). The van der Waals surface area contributed by atoms with E-state index in [-0.39, 0.29) is 24.0 Å². The number of hydrogen-bond donors (Lipinski definition) is 2. The second-order valence-corrected chi connectivity index (χ2v) is 4.42. The van der Waals surface area contributed by atoms with Crippen molar-refractivity contribution in [3.05, 3.63) is 0 Å². The number of nitrogens with one attached hydrogen (secondary N) is 2. The van der Waals surface area contributed by atoms with Gasteiger partial charge < -0.3 is 20.1 Å². The van der Waals surface area contributed by atoms with Crippen molar-refractivity contribution in [3.63, 3.8) is 0 Å². The number of ether oxygens (including phenoxy) is 2. The molecule has 0 aliphatic carbocycles. The summed E-state index contributed by atoms with van der Waals surface area (Å²) in [5.41, 5.74) is 0. The van der Waals surface area contributed by atoms with Crippen LogP contribution in [-0.2, 0) is 14.3 Å². The molecule has 2 heterocycles. The van der Waals surface area contributed by atoms with Crippen LogP contribution in [0.25, 0.3) is 0 Å². The van der Waals surface area contributed by atoms with Crippen LogP contribution in [0.5, 0.6) is 0 Å². The van der Waals surface area contributed by atoms with E-state index in [9.17, 15) is 4.79 Å². The van der Waals surface area contributed by atoms with Gasteiger partial charge in [0.1, 0.15) is 0 Å². The molecule has 0 aromatic carbocycles. The zero-order chi connectivity index (χ0) is 11.4. The van der Waals surface area contributed by atoms with E-state index < -0.39 is 0 Å². The minimum absolute atomic E-state index is 0.0635. The van der Waals surface area contributed by atoms with Crippen molar-refractivity contribution in [3.8, 4) is 0 Å². The lowest BCUT2D eigenvalue weighted by molar-refractivity contribution is -0.125. The Labute approximate surface area is 95.9 Å². The van der Waals surface area contributed by atoms with Crippen molar-refractivity contribution in [1.29, 1.82) is 0 Å². The van der Waals surface area contributed by atoms with Gasteiger partial charge in [-0.3, -0.25) is 4.79 Å². The molecule has 3 unspecified atom stereocenters. The van der Waals surface area contributed by atoms with Gasteiger partial charge in [-0.15, -0.1) is 0 Å². The largest absolute Gasteiger partial charge is 0.379 e. The van der Waals surface area contributed by atoms with Crippen LogP contribution in [0.4, 0.5) is 0 Å². The minimum atomic E-state index is -0.0635. The molecule has 2 fully saturated rings. The van der Waals surface area contributed by atoms with Gasteiger partial charge in [0.2, 0.25) is 5.91 Å². The van der Waals surface area contributed by atoms with Crippen LogP contribution in [0, 0.1) is 5.92 Å². The highest BCUT2D eigenvalue weighted by atomic mass is 16.5. The first kappa shape index (κ1) is 11.8. The van der Waals surface area contributed by atoms with E-state index in [1.54, 1.807) is 0 Å². The molecule has 1 amide bonds. The van der Waals surface area contributed by atoms with Gasteiger partial charge in [-0.25, -0.2) is 0 Å². The van der Waals surface area contributed by atoms with E-state index in [0.29, 0.717) is 19.8 Å². The van der Waals surface area contributed by atoms with Crippen molar-refractivity contribution in [2.75, 3.05) is 33.4 Å². The first-order valence-electron chi connectivity index (χ1n) is 5.95. The van der Waals surface area contributed by atoms with Gasteiger partial charge in [-0.2, -0.15) is 0 Å². The first-order chi connectivity index (χ1) is 7.81. The quantitative estimate of drug-likeness (QED) is 0.682. The monoisotopic (exact) mass is 228 g/mol. The third-order valence-corrected chi connectivity index (χ3v) is 3.32. The summed E-state index contributed by atoms with van der Waals surface area (Å²) in [5, 5.41) is 6.05. The van der Waals surface area contributed by atoms with Crippen molar-refractivity contribution in [2.45, 2.75) is 25.0 Å². The van der Waals surface area contributed by atoms with E-state index in [2.05, 4.69) is 10.6 Å². The third kappa shape index (κ3) is 2.72. The Morgan fingerprint density at radius 1 is 1.44 bits per heavy atom. The highest BCUT2D eigenvalue weighted by Gasteiger charge is 2.33. The fraction of sp³-hybridized carbons (Fsp3) is 0.909. The van der Waals surface area contributed by atoms with Crippen LogP contribution >= 0.6 is 0 Å². The molecule has 0 aromatic rings. The molecule has 2 N–H and O–H groups in total. The Hall–Kier alpha value is -0.650. The Kier molecular flexibility index (Phi) is 4.15. The molecule has 2 saturated heterocycles. The number of hydrogen-bond acceptors (Lipinski definition) is 4. The highest BCUT2D eigenvalue weighted by molar-refractivity contribution is 5.79. The second-order valence-electron chi connectivity index (χ2n) is 4.42. The maximum absolute atomic E-state index is 11.9. The maximum atomic E-state index is 11.9. The van der Waals surface area contributed by atoms with E-state index in [1.165, 1.54) is 0 Å². The summed E-state index contributed by atoms with van der Waals surface area (Å²) in [4.78, 5) is 11.9. The average Bonchev–Trinajstić information content (AvgIpc) is 2.96. The normalized spacial score (nSPS) is 34.2. The molecule has 0 spiro atoms. The molecule has 0 saturated carbocycles. The smallest absolute Gasteiger partial charge is 0.227 e. The molecule has 0 aromatic heterocycles. The SMILES string of the molecule is CNC1COCC1C(=O)NCC1CCCO1. The van der Waals surface area contributed by atoms with Gasteiger partial charge in [0, 0.05) is 19.2 Å². The molecule has 0 radical (unpaired) electrons. The van der Waals surface area contributed by atoms with Crippen LogP contribution in [0.3, 0.4) is 0 Å². The Bertz CT molecular complexity index is 241. The van der Waals surface area contributed by atoms with Gasteiger partial charge >= 0.3 is 0 Å². The van der Waals surface area contributed by atoms with E-state index in [0.717, 1.165) is 19.4 Å². The summed E-state index contributed by atoms with van der Waals surface area (Å²) in [7, 11) is 1.86. The lowest BCUT2D eigenvalue weighted by Gasteiger charge is -2.17. The molecule has 2 rings (SSSR count). The number of rotatable bonds is 4. The molecule has 92 valence electrons. The fourth-order valence-electron chi connectivity index (χ4n) is 2.25. The number of amides is 1. The minimum Gasteiger partial charge on any atom is -0.379 e.